The first-order chi connectivity index (χ1) is 8.82. The maximum atomic E-state index is 11.3. The molecular weight excluding hydrogens is 256 g/mol. The Balaban J connectivity index is 4.04. The van der Waals surface area contributed by atoms with Crippen LogP contribution < -0.4 is 11.1 Å². The van der Waals surface area contributed by atoms with Crippen LogP contribution in [0.5, 0.6) is 0 Å². The van der Waals surface area contributed by atoms with Gasteiger partial charge >= 0.3 is 11.9 Å². The van der Waals surface area contributed by atoms with Crippen molar-refractivity contribution in [3.8, 4) is 0 Å². The van der Waals surface area contributed by atoms with Gasteiger partial charge in [-0.1, -0.05) is 6.42 Å². The normalized spacial score (nSPS) is 11.6. The number of carbonyl (C=O) groups excluding carboxylic acids is 2. The van der Waals surface area contributed by atoms with Crippen molar-refractivity contribution >= 4 is 23.8 Å². The zero-order valence-corrected chi connectivity index (χ0v) is 10.4. The van der Waals surface area contributed by atoms with Crippen LogP contribution in [0.15, 0.2) is 0 Å². The number of amides is 2. The van der Waals surface area contributed by atoms with Gasteiger partial charge in [-0.3, -0.25) is 14.4 Å². The smallest absolute Gasteiger partial charge is 0.326 e. The van der Waals surface area contributed by atoms with E-state index in [1.165, 1.54) is 0 Å². The molecule has 0 aromatic carbocycles. The molecule has 8 nitrogen and oxygen atoms in total. The van der Waals surface area contributed by atoms with Gasteiger partial charge in [-0.15, -0.1) is 0 Å². The van der Waals surface area contributed by atoms with Crippen molar-refractivity contribution in [2.75, 3.05) is 0 Å². The number of rotatable bonds is 10. The van der Waals surface area contributed by atoms with E-state index < -0.39 is 29.8 Å². The zero-order valence-electron chi connectivity index (χ0n) is 10.4. The first-order valence-corrected chi connectivity index (χ1v) is 5.85. The summed E-state index contributed by atoms with van der Waals surface area (Å²) < 4.78 is 0. The van der Waals surface area contributed by atoms with Gasteiger partial charge in [0.15, 0.2) is 0 Å². The van der Waals surface area contributed by atoms with Crippen molar-refractivity contribution in [2.24, 2.45) is 5.73 Å². The van der Waals surface area contributed by atoms with Crippen LogP contribution in [-0.2, 0) is 19.2 Å². The monoisotopic (exact) mass is 274 g/mol. The Labute approximate surface area is 110 Å². The third-order valence-corrected chi connectivity index (χ3v) is 2.37. The summed E-state index contributed by atoms with van der Waals surface area (Å²) in [5.74, 6) is -3.34. The van der Waals surface area contributed by atoms with Crippen LogP contribution in [0.3, 0.4) is 0 Å². The molecule has 1 atom stereocenters. The molecule has 0 heterocycles. The number of aliphatic carboxylic acids is 2. The molecule has 0 spiro atoms. The summed E-state index contributed by atoms with van der Waals surface area (Å²) in [6, 6.07) is -1.07. The van der Waals surface area contributed by atoms with E-state index in [4.69, 9.17) is 15.9 Å². The quantitative estimate of drug-likeness (QED) is 0.393. The molecule has 0 fully saturated rings. The number of nitrogens with two attached hydrogens (primary N) is 1. The van der Waals surface area contributed by atoms with Gasteiger partial charge < -0.3 is 21.3 Å². The minimum Gasteiger partial charge on any atom is -0.481 e. The van der Waals surface area contributed by atoms with E-state index in [1.54, 1.807) is 0 Å². The Morgan fingerprint density at radius 1 is 1.00 bits per heavy atom. The molecular formula is C11H18N2O6. The first kappa shape index (κ1) is 16.9. The highest BCUT2D eigenvalue weighted by Crippen LogP contribution is 2.05. The van der Waals surface area contributed by atoms with E-state index in [0.29, 0.717) is 12.8 Å². The van der Waals surface area contributed by atoms with Crippen LogP contribution in [0.25, 0.3) is 0 Å². The SMILES string of the molecule is NC(=O)CCC(=O)NC(CCCCC(=O)O)C(=O)O. The number of carbonyl (C=O) groups is 4. The molecule has 0 radical (unpaired) electrons. The van der Waals surface area contributed by atoms with E-state index in [1.807, 2.05) is 0 Å². The fraction of sp³-hybridized carbons (Fsp3) is 0.636. The second kappa shape index (κ2) is 8.90. The molecule has 0 aliphatic carbocycles. The van der Waals surface area contributed by atoms with Crippen LogP contribution >= 0.6 is 0 Å². The van der Waals surface area contributed by atoms with E-state index in [2.05, 4.69) is 5.32 Å². The highest BCUT2D eigenvalue weighted by atomic mass is 16.4. The zero-order chi connectivity index (χ0) is 14.8. The predicted octanol–water partition coefficient (Wildman–Crippen LogP) is -0.534. The van der Waals surface area contributed by atoms with E-state index in [9.17, 15) is 19.2 Å². The average Bonchev–Trinajstić information content (AvgIpc) is 2.29. The largest absolute Gasteiger partial charge is 0.481 e. The number of unbranched alkanes of at least 4 members (excludes halogenated alkanes) is 1. The molecule has 0 aliphatic rings. The molecule has 2 amide bonds. The van der Waals surface area contributed by atoms with Crippen molar-refractivity contribution in [3.05, 3.63) is 0 Å². The summed E-state index contributed by atoms with van der Waals surface area (Å²) in [6.45, 7) is 0. The minimum absolute atomic E-state index is 0.0397. The van der Waals surface area contributed by atoms with Gasteiger partial charge in [0.2, 0.25) is 11.8 Å². The highest BCUT2D eigenvalue weighted by Gasteiger charge is 2.19. The van der Waals surface area contributed by atoms with Gasteiger partial charge in [-0.2, -0.15) is 0 Å². The number of hydrogen-bond acceptors (Lipinski definition) is 4. The maximum absolute atomic E-state index is 11.3. The Bertz CT molecular complexity index is 355. The summed E-state index contributed by atoms with van der Waals surface area (Å²) in [6.07, 6.45) is 0.522. The van der Waals surface area contributed by atoms with Crippen LogP contribution in [-0.4, -0.2) is 40.0 Å². The minimum atomic E-state index is -1.19. The van der Waals surface area contributed by atoms with Gasteiger partial charge in [-0.25, -0.2) is 4.79 Å². The first-order valence-electron chi connectivity index (χ1n) is 5.85. The summed E-state index contributed by atoms with van der Waals surface area (Å²) in [7, 11) is 0. The van der Waals surface area contributed by atoms with Crippen molar-refractivity contribution in [1.29, 1.82) is 0 Å². The lowest BCUT2D eigenvalue weighted by atomic mass is 10.1. The fourth-order valence-corrected chi connectivity index (χ4v) is 1.39. The Morgan fingerprint density at radius 3 is 2.11 bits per heavy atom. The van der Waals surface area contributed by atoms with Gasteiger partial charge in [0.25, 0.3) is 0 Å². The van der Waals surface area contributed by atoms with Crippen LogP contribution in [0.1, 0.15) is 38.5 Å². The molecule has 0 rings (SSSR count). The number of carboxylic acids is 2. The van der Waals surface area contributed by atoms with Crippen LogP contribution in [0.2, 0.25) is 0 Å². The van der Waals surface area contributed by atoms with Gasteiger partial charge in [0.05, 0.1) is 0 Å². The fourth-order valence-electron chi connectivity index (χ4n) is 1.39. The number of carboxylic acid groups (broad SMARTS) is 2. The van der Waals surface area contributed by atoms with Gasteiger partial charge in [-0.05, 0) is 12.8 Å². The summed E-state index contributed by atoms with van der Waals surface area (Å²) in [5, 5.41) is 19.6. The van der Waals surface area contributed by atoms with Crippen LogP contribution in [0.4, 0.5) is 0 Å². The Morgan fingerprint density at radius 2 is 1.63 bits per heavy atom. The van der Waals surface area contributed by atoms with E-state index in [0.717, 1.165) is 0 Å². The Kier molecular flexibility index (Phi) is 7.90. The third-order valence-electron chi connectivity index (χ3n) is 2.37. The molecule has 5 N–H and O–H groups in total. The van der Waals surface area contributed by atoms with Crippen molar-refractivity contribution in [2.45, 2.75) is 44.6 Å². The molecule has 1 unspecified atom stereocenters. The molecule has 0 saturated carbocycles. The van der Waals surface area contributed by atoms with Crippen molar-refractivity contribution in [3.63, 3.8) is 0 Å². The second-order valence-electron chi connectivity index (χ2n) is 4.06. The molecule has 108 valence electrons. The summed E-state index contributed by atoms with van der Waals surface area (Å²) in [5.41, 5.74) is 4.87. The summed E-state index contributed by atoms with van der Waals surface area (Å²) in [4.78, 5) is 42.9. The standard InChI is InChI=1S/C11H18N2O6/c12-8(14)5-6-9(15)13-7(11(18)19)3-1-2-4-10(16)17/h7H,1-6H2,(H2,12,14)(H,13,15)(H,16,17)(H,18,19). The lowest BCUT2D eigenvalue weighted by molar-refractivity contribution is -0.142. The van der Waals surface area contributed by atoms with Gasteiger partial charge in [0, 0.05) is 19.3 Å². The number of primary amides is 1. The molecule has 19 heavy (non-hydrogen) atoms. The van der Waals surface area contributed by atoms with E-state index >= 15 is 0 Å². The Hall–Kier alpha value is -2.12. The maximum Gasteiger partial charge on any atom is 0.326 e. The molecule has 8 heteroatoms. The second-order valence-corrected chi connectivity index (χ2v) is 4.06. The highest BCUT2D eigenvalue weighted by molar-refractivity contribution is 5.86. The molecule has 0 aromatic heterocycles. The lowest BCUT2D eigenvalue weighted by Gasteiger charge is -2.13. The third kappa shape index (κ3) is 9.57. The lowest BCUT2D eigenvalue weighted by Crippen LogP contribution is -2.41. The number of nitrogens with one attached hydrogen (secondary N) is 1. The average molecular weight is 274 g/mol. The molecule has 0 aliphatic heterocycles. The molecule has 0 bridgehead atoms. The topological polar surface area (TPSA) is 147 Å². The van der Waals surface area contributed by atoms with Crippen molar-refractivity contribution in [1.82, 2.24) is 5.32 Å². The molecule has 0 aromatic rings. The number of hydrogen-bond donors (Lipinski definition) is 4. The van der Waals surface area contributed by atoms with E-state index in [-0.39, 0.29) is 25.7 Å². The van der Waals surface area contributed by atoms with Gasteiger partial charge in [0.1, 0.15) is 6.04 Å². The molecule has 0 saturated heterocycles. The van der Waals surface area contributed by atoms with Crippen LogP contribution in [0, 0.1) is 0 Å². The van der Waals surface area contributed by atoms with Crippen molar-refractivity contribution < 1.29 is 29.4 Å². The predicted molar refractivity (Wildman–Crippen MR) is 64.1 cm³/mol. The summed E-state index contributed by atoms with van der Waals surface area (Å²) >= 11 is 0.